The van der Waals surface area contributed by atoms with E-state index in [4.69, 9.17) is 4.42 Å². The number of nitrogens with one attached hydrogen (secondary N) is 2. The van der Waals surface area contributed by atoms with Crippen molar-refractivity contribution in [3.05, 3.63) is 24.2 Å². The number of hydrogen-bond acceptors (Lipinski definition) is 2. The summed E-state index contributed by atoms with van der Waals surface area (Å²) in [5, 5.41) is 6.71. The zero-order valence-electron chi connectivity index (χ0n) is 12.6. The molecule has 1 aliphatic rings. The maximum absolute atomic E-state index is 5.29. The molecule has 0 amide bonds. The van der Waals surface area contributed by atoms with E-state index < -0.39 is 0 Å². The molecule has 1 fully saturated rings. The fourth-order valence-electron chi connectivity index (χ4n) is 2.57. The summed E-state index contributed by atoms with van der Waals surface area (Å²) in [6.45, 7) is 6.28. The van der Waals surface area contributed by atoms with Crippen molar-refractivity contribution in [3.8, 4) is 0 Å². The molecule has 1 aromatic rings. The van der Waals surface area contributed by atoms with Gasteiger partial charge in [0.1, 0.15) is 5.76 Å². The van der Waals surface area contributed by atoms with Crippen LogP contribution in [0.1, 0.15) is 38.9 Å². The minimum Gasteiger partial charge on any atom is -0.467 e. The number of hydrogen-bond donors (Lipinski definition) is 2. The lowest BCUT2D eigenvalue weighted by molar-refractivity contribution is 0.384. The third-order valence-electron chi connectivity index (χ3n) is 3.66. The molecule has 20 heavy (non-hydrogen) atoms. The van der Waals surface area contributed by atoms with E-state index in [1.54, 1.807) is 13.3 Å². The highest BCUT2D eigenvalue weighted by molar-refractivity contribution is 14.0. The SMILES string of the molecule is CN=C(NCc1ccco1)NCC1(CC(C)C)CC1.I. The average Bonchev–Trinajstić information content (AvgIpc) is 2.91. The van der Waals surface area contributed by atoms with Crippen molar-refractivity contribution in [2.45, 2.75) is 39.7 Å². The molecule has 0 bridgehead atoms. The molecule has 114 valence electrons. The molecular weight excluding hydrogens is 365 g/mol. The normalized spacial score (nSPS) is 16.7. The van der Waals surface area contributed by atoms with Crippen molar-refractivity contribution < 1.29 is 4.42 Å². The molecule has 2 rings (SSSR count). The van der Waals surface area contributed by atoms with Gasteiger partial charge >= 0.3 is 0 Å². The van der Waals surface area contributed by atoms with Gasteiger partial charge in [0.25, 0.3) is 0 Å². The van der Waals surface area contributed by atoms with Gasteiger partial charge in [0.2, 0.25) is 0 Å². The Bertz CT molecular complexity index is 411. The minimum atomic E-state index is 0. The standard InChI is InChI=1S/C15H25N3O.HI/c1-12(2)9-15(6-7-15)11-18-14(16-3)17-10-13-5-4-8-19-13;/h4-5,8,12H,6-7,9-11H2,1-3H3,(H2,16,17,18);1H. The smallest absolute Gasteiger partial charge is 0.191 e. The van der Waals surface area contributed by atoms with Gasteiger partial charge < -0.3 is 15.1 Å². The molecule has 0 saturated heterocycles. The summed E-state index contributed by atoms with van der Waals surface area (Å²) in [7, 11) is 1.81. The van der Waals surface area contributed by atoms with Crippen molar-refractivity contribution in [1.82, 2.24) is 10.6 Å². The van der Waals surface area contributed by atoms with E-state index in [2.05, 4.69) is 29.5 Å². The Hall–Kier alpha value is -0.720. The highest BCUT2D eigenvalue weighted by Gasteiger charge is 2.42. The summed E-state index contributed by atoms with van der Waals surface area (Å²) in [6, 6.07) is 3.86. The van der Waals surface area contributed by atoms with Gasteiger partial charge in [0.05, 0.1) is 12.8 Å². The number of furan rings is 1. The zero-order chi connectivity index (χ0) is 13.7. The van der Waals surface area contributed by atoms with Gasteiger partial charge in [-0.3, -0.25) is 4.99 Å². The maximum Gasteiger partial charge on any atom is 0.191 e. The second kappa shape index (κ2) is 7.90. The van der Waals surface area contributed by atoms with Crippen LogP contribution in [0, 0.1) is 11.3 Å². The highest BCUT2D eigenvalue weighted by Crippen LogP contribution is 2.49. The van der Waals surface area contributed by atoms with E-state index in [-0.39, 0.29) is 24.0 Å². The van der Waals surface area contributed by atoms with E-state index in [9.17, 15) is 0 Å². The van der Waals surface area contributed by atoms with Crippen LogP contribution in [0.2, 0.25) is 0 Å². The van der Waals surface area contributed by atoms with Crippen LogP contribution < -0.4 is 10.6 Å². The monoisotopic (exact) mass is 391 g/mol. The summed E-state index contributed by atoms with van der Waals surface area (Å²) in [6.07, 6.45) is 5.67. The van der Waals surface area contributed by atoms with E-state index in [0.717, 1.165) is 24.2 Å². The largest absolute Gasteiger partial charge is 0.467 e. The van der Waals surface area contributed by atoms with Crippen molar-refractivity contribution in [2.24, 2.45) is 16.3 Å². The Morgan fingerprint density at radius 3 is 2.65 bits per heavy atom. The highest BCUT2D eigenvalue weighted by atomic mass is 127. The summed E-state index contributed by atoms with van der Waals surface area (Å²) in [5.74, 6) is 2.54. The first kappa shape index (κ1) is 17.3. The summed E-state index contributed by atoms with van der Waals surface area (Å²) in [5.41, 5.74) is 0.510. The fraction of sp³-hybridized carbons (Fsp3) is 0.667. The molecule has 0 radical (unpaired) electrons. The Labute approximate surface area is 138 Å². The first-order valence-corrected chi connectivity index (χ1v) is 7.10. The first-order valence-electron chi connectivity index (χ1n) is 7.10. The summed E-state index contributed by atoms with van der Waals surface area (Å²) >= 11 is 0. The van der Waals surface area contributed by atoms with Gasteiger partial charge in [-0.25, -0.2) is 0 Å². The van der Waals surface area contributed by atoms with Gasteiger partial charge in [-0.1, -0.05) is 13.8 Å². The fourth-order valence-corrected chi connectivity index (χ4v) is 2.57. The van der Waals surface area contributed by atoms with Crippen molar-refractivity contribution >= 4 is 29.9 Å². The third kappa shape index (κ3) is 5.34. The van der Waals surface area contributed by atoms with E-state index in [1.807, 2.05) is 12.1 Å². The summed E-state index contributed by atoms with van der Waals surface area (Å²) in [4.78, 5) is 4.25. The second-order valence-electron chi connectivity index (χ2n) is 5.96. The molecule has 0 aliphatic heterocycles. The van der Waals surface area contributed by atoms with Crippen LogP contribution in [-0.4, -0.2) is 19.6 Å². The van der Waals surface area contributed by atoms with Crippen LogP contribution in [0.25, 0.3) is 0 Å². The Balaban J connectivity index is 0.00000200. The summed E-state index contributed by atoms with van der Waals surface area (Å²) < 4.78 is 5.29. The van der Waals surface area contributed by atoms with Crippen molar-refractivity contribution in [3.63, 3.8) is 0 Å². The van der Waals surface area contributed by atoms with Gasteiger partial charge in [0, 0.05) is 13.6 Å². The number of guanidine groups is 1. The van der Waals surface area contributed by atoms with E-state index in [0.29, 0.717) is 12.0 Å². The Kier molecular flexibility index (Phi) is 6.85. The molecule has 5 heteroatoms. The lowest BCUT2D eigenvalue weighted by Gasteiger charge is -2.20. The van der Waals surface area contributed by atoms with Crippen molar-refractivity contribution in [2.75, 3.05) is 13.6 Å². The van der Waals surface area contributed by atoms with Crippen LogP contribution in [0.5, 0.6) is 0 Å². The van der Waals surface area contributed by atoms with E-state index >= 15 is 0 Å². The predicted octanol–water partition coefficient (Wildman–Crippen LogP) is 3.39. The molecular formula is C15H26IN3O. The molecule has 0 atom stereocenters. The molecule has 0 spiro atoms. The number of aliphatic imine (C=N–C) groups is 1. The van der Waals surface area contributed by atoms with Crippen LogP contribution in [-0.2, 0) is 6.54 Å². The number of nitrogens with zero attached hydrogens (tertiary/aromatic N) is 1. The predicted molar refractivity (Wildman–Crippen MR) is 93.4 cm³/mol. The van der Waals surface area contributed by atoms with Crippen LogP contribution in [0.15, 0.2) is 27.8 Å². The molecule has 1 aliphatic carbocycles. The molecule has 0 unspecified atom stereocenters. The lowest BCUT2D eigenvalue weighted by atomic mass is 9.94. The number of halogens is 1. The molecule has 4 nitrogen and oxygen atoms in total. The van der Waals surface area contributed by atoms with E-state index in [1.165, 1.54) is 19.3 Å². The van der Waals surface area contributed by atoms with Gasteiger partial charge in [-0.2, -0.15) is 0 Å². The number of rotatable bonds is 6. The third-order valence-corrected chi connectivity index (χ3v) is 3.66. The topological polar surface area (TPSA) is 49.6 Å². The van der Waals surface area contributed by atoms with Crippen molar-refractivity contribution in [1.29, 1.82) is 0 Å². The van der Waals surface area contributed by atoms with Gasteiger partial charge in [-0.15, -0.1) is 24.0 Å². The quantitative estimate of drug-likeness (QED) is 0.444. The Morgan fingerprint density at radius 1 is 1.40 bits per heavy atom. The van der Waals surface area contributed by atoms with Crippen LogP contribution >= 0.6 is 24.0 Å². The minimum absolute atomic E-state index is 0. The molecule has 1 aromatic heterocycles. The molecule has 0 aromatic carbocycles. The van der Waals surface area contributed by atoms with Crippen LogP contribution in [0.3, 0.4) is 0 Å². The Morgan fingerprint density at radius 2 is 2.15 bits per heavy atom. The first-order chi connectivity index (χ1) is 9.13. The molecule has 2 N–H and O–H groups in total. The van der Waals surface area contributed by atoms with Gasteiger partial charge in [0.15, 0.2) is 5.96 Å². The molecule has 1 heterocycles. The van der Waals surface area contributed by atoms with Gasteiger partial charge in [-0.05, 0) is 42.7 Å². The second-order valence-corrected chi connectivity index (χ2v) is 5.96. The maximum atomic E-state index is 5.29. The van der Waals surface area contributed by atoms with Crippen LogP contribution in [0.4, 0.5) is 0 Å². The molecule has 1 saturated carbocycles. The zero-order valence-corrected chi connectivity index (χ0v) is 14.9. The lowest BCUT2D eigenvalue weighted by Crippen LogP contribution is -2.40. The average molecular weight is 391 g/mol.